The van der Waals surface area contributed by atoms with Crippen LogP contribution in [0, 0.1) is 11.8 Å². The summed E-state index contributed by atoms with van der Waals surface area (Å²) in [5.74, 6) is 1.74. The lowest BCUT2D eigenvalue weighted by atomic mass is 9.77. The Morgan fingerprint density at radius 1 is 1.31 bits per heavy atom. The molecular weight excluding hydrogens is 192 g/mol. The van der Waals surface area contributed by atoms with Gasteiger partial charge in [0.15, 0.2) is 0 Å². The molecule has 0 bridgehead atoms. The monoisotopic (exact) mass is 218 g/mol. The summed E-state index contributed by atoms with van der Waals surface area (Å²) in [5.41, 5.74) is 4.87. The van der Waals surface area contributed by atoms with Gasteiger partial charge in [0, 0.05) is 0 Å². The predicted octanol–water partition coefficient (Wildman–Crippen LogP) is 4.65. The van der Waals surface area contributed by atoms with Crippen molar-refractivity contribution < 1.29 is 0 Å². The van der Waals surface area contributed by atoms with Gasteiger partial charge in [-0.1, -0.05) is 46.4 Å². The van der Waals surface area contributed by atoms with Crippen LogP contribution in [0.15, 0.2) is 18.2 Å². The van der Waals surface area contributed by atoms with Crippen LogP contribution in [0.3, 0.4) is 0 Å². The van der Waals surface area contributed by atoms with Crippen molar-refractivity contribution in [3.8, 4) is 0 Å². The Hall–Kier alpha value is -0.780. The average molecular weight is 218 g/mol. The normalized spacial score (nSPS) is 19.1. The third-order valence-corrected chi connectivity index (χ3v) is 3.94. The van der Waals surface area contributed by atoms with Gasteiger partial charge in [-0.3, -0.25) is 0 Å². The van der Waals surface area contributed by atoms with E-state index in [4.69, 9.17) is 0 Å². The molecule has 1 aromatic carbocycles. The van der Waals surface area contributed by atoms with Crippen LogP contribution in [0.5, 0.6) is 0 Å². The smallest absolute Gasteiger partial charge is 0.0245 e. The van der Waals surface area contributed by atoms with E-state index in [1.165, 1.54) is 25.7 Å². The Labute approximate surface area is 101 Å². The minimum atomic E-state index is 0. The van der Waals surface area contributed by atoms with Crippen molar-refractivity contribution in [2.45, 2.75) is 53.9 Å². The molecule has 2 rings (SSSR count). The fourth-order valence-electron chi connectivity index (χ4n) is 2.81. The summed E-state index contributed by atoms with van der Waals surface area (Å²) in [6.45, 7) is 6.99. The molecule has 1 aliphatic rings. The second-order valence-electron chi connectivity index (χ2n) is 5.16. The van der Waals surface area contributed by atoms with E-state index >= 15 is 0 Å². The lowest BCUT2D eigenvalue weighted by Gasteiger charge is -2.28. The van der Waals surface area contributed by atoms with Crippen molar-refractivity contribution in [2.24, 2.45) is 11.8 Å². The first-order chi connectivity index (χ1) is 7.22. The van der Waals surface area contributed by atoms with Gasteiger partial charge in [0.25, 0.3) is 0 Å². The molecule has 0 spiro atoms. The molecule has 90 valence electrons. The summed E-state index contributed by atoms with van der Waals surface area (Å²) in [7, 11) is 0. The van der Waals surface area contributed by atoms with Gasteiger partial charge in [-0.2, -0.15) is 0 Å². The van der Waals surface area contributed by atoms with Crippen LogP contribution < -0.4 is 0 Å². The molecule has 1 atom stereocenters. The van der Waals surface area contributed by atoms with Crippen molar-refractivity contribution >= 4 is 0 Å². The minimum absolute atomic E-state index is 0. The van der Waals surface area contributed by atoms with Gasteiger partial charge in [-0.25, -0.2) is 0 Å². The number of benzene rings is 1. The highest BCUT2D eigenvalue weighted by Gasteiger charge is 2.22. The summed E-state index contributed by atoms with van der Waals surface area (Å²) >= 11 is 0. The van der Waals surface area contributed by atoms with Crippen LogP contribution >= 0.6 is 0 Å². The van der Waals surface area contributed by atoms with Crippen molar-refractivity contribution in [2.75, 3.05) is 0 Å². The Morgan fingerprint density at radius 3 is 2.69 bits per heavy atom. The molecule has 0 heteroatoms. The molecule has 0 radical (unpaired) electrons. The zero-order valence-electron chi connectivity index (χ0n) is 10.2. The SMILES string of the molecule is C.CCc1cccc2c1CCC(C(C)C)C2. The fraction of sp³-hybridized carbons (Fsp3) is 0.625. The highest BCUT2D eigenvalue weighted by Crippen LogP contribution is 2.31. The molecule has 0 amide bonds. The van der Waals surface area contributed by atoms with E-state index in [0.717, 1.165) is 11.8 Å². The maximum Gasteiger partial charge on any atom is -0.0245 e. The molecule has 1 unspecified atom stereocenters. The van der Waals surface area contributed by atoms with E-state index in [9.17, 15) is 0 Å². The maximum atomic E-state index is 2.36. The zero-order chi connectivity index (χ0) is 10.8. The molecule has 16 heavy (non-hydrogen) atoms. The topological polar surface area (TPSA) is 0 Å². The summed E-state index contributed by atoms with van der Waals surface area (Å²) < 4.78 is 0. The van der Waals surface area contributed by atoms with E-state index in [-0.39, 0.29) is 7.43 Å². The van der Waals surface area contributed by atoms with Crippen molar-refractivity contribution in [1.82, 2.24) is 0 Å². The van der Waals surface area contributed by atoms with Gasteiger partial charge < -0.3 is 0 Å². The molecular formula is C16H26. The second kappa shape index (κ2) is 5.52. The van der Waals surface area contributed by atoms with E-state index in [0.29, 0.717) is 0 Å². The number of hydrogen-bond acceptors (Lipinski definition) is 0. The molecule has 0 heterocycles. The average Bonchev–Trinajstić information content (AvgIpc) is 2.27. The zero-order valence-corrected chi connectivity index (χ0v) is 10.2. The second-order valence-corrected chi connectivity index (χ2v) is 5.16. The van der Waals surface area contributed by atoms with Crippen LogP contribution in [0.2, 0.25) is 0 Å². The number of rotatable bonds is 2. The van der Waals surface area contributed by atoms with E-state index in [1.807, 2.05) is 0 Å². The summed E-state index contributed by atoms with van der Waals surface area (Å²) in [6.07, 6.45) is 5.19. The number of hydrogen-bond donors (Lipinski definition) is 0. The first-order valence-corrected chi connectivity index (χ1v) is 6.32. The van der Waals surface area contributed by atoms with Gasteiger partial charge in [0.2, 0.25) is 0 Å². The van der Waals surface area contributed by atoms with Gasteiger partial charge >= 0.3 is 0 Å². The van der Waals surface area contributed by atoms with Crippen LogP contribution in [-0.4, -0.2) is 0 Å². The highest BCUT2D eigenvalue weighted by molar-refractivity contribution is 5.37. The maximum absolute atomic E-state index is 2.36. The highest BCUT2D eigenvalue weighted by atomic mass is 14.3. The van der Waals surface area contributed by atoms with Crippen LogP contribution in [0.25, 0.3) is 0 Å². The molecule has 0 saturated heterocycles. The number of aryl methyl sites for hydroxylation is 1. The Bertz CT molecular complexity index is 336. The molecule has 1 aliphatic carbocycles. The molecule has 0 aromatic heterocycles. The summed E-state index contributed by atoms with van der Waals surface area (Å²) in [5, 5.41) is 0. The molecule has 0 aliphatic heterocycles. The van der Waals surface area contributed by atoms with Gasteiger partial charge in [0.1, 0.15) is 0 Å². The first-order valence-electron chi connectivity index (χ1n) is 6.32. The van der Waals surface area contributed by atoms with Gasteiger partial charge in [0.05, 0.1) is 0 Å². The molecule has 0 saturated carbocycles. The third-order valence-electron chi connectivity index (χ3n) is 3.94. The summed E-state index contributed by atoms with van der Waals surface area (Å²) in [4.78, 5) is 0. The van der Waals surface area contributed by atoms with E-state index in [2.05, 4.69) is 39.0 Å². The lowest BCUT2D eigenvalue weighted by molar-refractivity contribution is 0.342. The van der Waals surface area contributed by atoms with Crippen molar-refractivity contribution in [3.05, 3.63) is 34.9 Å². The van der Waals surface area contributed by atoms with Crippen molar-refractivity contribution in [1.29, 1.82) is 0 Å². The van der Waals surface area contributed by atoms with Gasteiger partial charge in [-0.05, 0) is 54.2 Å². The van der Waals surface area contributed by atoms with Crippen LogP contribution in [-0.2, 0) is 19.3 Å². The lowest BCUT2D eigenvalue weighted by Crippen LogP contribution is -2.20. The van der Waals surface area contributed by atoms with Crippen LogP contribution in [0.4, 0.5) is 0 Å². The quantitative estimate of drug-likeness (QED) is 0.678. The Morgan fingerprint density at radius 2 is 2.06 bits per heavy atom. The first kappa shape index (κ1) is 13.3. The van der Waals surface area contributed by atoms with Crippen molar-refractivity contribution in [3.63, 3.8) is 0 Å². The third kappa shape index (κ3) is 2.48. The van der Waals surface area contributed by atoms with Crippen LogP contribution in [0.1, 0.15) is 51.3 Å². The Kier molecular flexibility index (Phi) is 4.58. The Balaban J connectivity index is 0.00000128. The minimum Gasteiger partial charge on any atom is -0.0776 e. The molecule has 1 aromatic rings. The van der Waals surface area contributed by atoms with E-state index < -0.39 is 0 Å². The van der Waals surface area contributed by atoms with Gasteiger partial charge in [-0.15, -0.1) is 0 Å². The predicted molar refractivity (Wildman–Crippen MR) is 72.9 cm³/mol. The fourth-order valence-corrected chi connectivity index (χ4v) is 2.81. The summed E-state index contributed by atoms with van der Waals surface area (Å²) in [6, 6.07) is 6.87. The molecule has 0 N–H and O–H groups in total. The standard InChI is InChI=1S/C15H22.CH4/c1-4-12-6-5-7-14-10-13(11(2)3)8-9-15(12)14;/h5-7,11,13H,4,8-10H2,1-3H3;1H4. The molecule has 0 nitrogen and oxygen atoms in total. The van der Waals surface area contributed by atoms with E-state index in [1.54, 1.807) is 16.7 Å². The molecule has 0 fully saturated rings. The number of fused-ring (bicyclic) bond motifs is 1. The largest absolute Gasteiger partial charge is 0.0776 e.